The second kappa shape index (κ2) is 5.61. The Morgan fingerprint density at radius 2 is 2.00 bits per heavy atom. The number of anilines is 1. The third kappa shape index (κ3) is 3.16. The first-order valence-corrected chi connectivity index (χ1v) is 6.81. The van der Waals surface area contributed by atoms with Crippen molar-refractivity contribution in [3.8, 4) is 5.75 Å². The van der Waals surface area contributed by atoms with Gasteiger partial charge in [0.1, 0.15) is 5.75 Å². The fraction of sp³-hybridized carbons (Fsp3) is 0.600. The highest BCUT2D eigenvalue weighted by molar-refractivity contribution is 5.50. The van der Waals surface area contributed by atoms with E-state index in [-0.39, 0.29) is 0 Å². The van der Waals surface area contributed by atoms with E-state index < -0.39 is 0 Å². The van der Waals surface area contributed by atoms with E-state index in [4.69, 9.17) is 0 Å². The number of hydrogen-bond donors (Lipinski definition) is 2. The van der Waals surface area contributed by atoms with Gasteiger partial charge < -0.3 is 15.3 Å². The number of rotatable bonds is 3. The Kier molecular flexibility index (Phi) is 4.12. The molecule has 0 bridgehead atoms. The lowest BCUT2D eigenvalue weighted by Crippen LogP contribution is -2.37. The van der Waals surface area contributed by atoms with Crippen LogP contribution in [0.5, 0.6) is 5.75 Å². The van der Waals surface area contributed by atoms with Crippen LogP contribution in [-0.4, -0.2) is 36.2 Å². The van der Waals surface area contributed by atoms with E-state index in [2.05, 4.69) is 24.2 Å². The quantitative estimate of drug-likeness (QED) is 0.807. The summed E-state index contributed by atoms with van der Waals surface area (Å²) in [4.78, 5) is 2.40. The molecule has 1 aromatic carbocycles. The summed E-state index contributed by atoms with van der Waals surface area (Å²) in [6, 6.07) is 6.22. The summed E-state index contributed by atoms with van der Waals surface area (Å²) in [5.41, 5.74) is 2.03. The SMILES string of the molecule is Cc1cc(NC(C)C2CCN(C)CC2)ccc1O. The molecule has 0 spiro atoms. The van der Waals surface area contributed by atoms with Crippen LogP contribution in [0.2, 0.25) is 0 Å². The first-order chi connectivity index (χ1) is 8.56. The number of aryl methyl sites for hydroxylation is 1. The Morgan fingerprint density at radius 3 is 2.61 bits per heavy atom. The Balaban J connectivity index is 1.94. The number of piperidine rings is 1. The molecule has 0 saturated carbocycles. The summed E-state index contributed by atoms with van der Waals surface area (Å²) in [6.45, 7) is 6.59. The minimum Gasteiger partial charge on any atom is -0.508 e. The van der Waals surface area contributed by atoms with Crippen molar-refractivity contribution in [1.29, 1.82) is 0 Å². The number of aromatic hydroxyl groups is 1. The van der Waals surface area contributed by atoms with Gasteiger partial charge in [-0.1, -0.05) is 0 Å². The van der Waals surface area contributed by atoms with E-state index >= 15 is 0 Å². The molecule has 1 heterocycles. The number of phenolic OH excluding ortho intramolecular Hbond substituents is 1. The molecule has 0 aliphatic carbocycles. The molecule has 2 N–H and O–H groups in total. The molecule has 1 unspecified atom stereocenters. The van der Waals surface area contributed by atoms with Gasteiger partial charge in [-0.15, -0.1) is 0 Å². The summed E-state index contributed by atoms with van der Waals surface area (Å²) >= 11 is 0. The topological polar surface area (TPSA) is 35.5 Å². The Morgan fingerprint density at radius 1 is 1.33 bits per heavy atom. The van der Waals surface area contributed by atoms with Crippen molar-refractivity contribution in [2.45, 2.75) is 32.7 Å². The first-order valence-electron chi connectivity index (χ1n) is 6.81. The normalized spacial score (nSPS) is 19.7. The lowest BCUT2D eigenvalue weighted by atomic mass is 9.90. The van der Waals surface area contributed by atoms with Gasteiger partial charge in [-0.3, -0.25) is 0 Å². The minimum absolute atomic E-state index is 0.368. The number of likely N-dealkylation sites (tertiary alicyclic amines) is 1. The molecule has 2 rings (SSSR count). The second-order valence-corrected chi connectivity index (χ2v) is 5.57. The monoisotopic (exact) mass is 248 g/mol. The van der Waals surface area contributed by atoms with Crippen molar-refractivity contribution in [1.82, 2.24) is 4.90 Å². The van der Waals surface area contributed by atoms with E-state index in [1.54, 1.807) is 6.07 Å². The van der Waals surface area contributed by atoms with Crippen molar-refractivity contribution < 1.29 is 5.11 Å². The van der Waals surface area contributed by atoms with Crippen molar-refractivity contribution in [2.75, 3.05) is 25.5 Å². The maximum atomic E-state index is 9.52. The lowest BCUT2D eigenvalue weighted by Gasteiger charge is -2.33. The van der Waals surface area contributed by atoms with Crippen LogP contribution in [0.15, 0.2) is 18.2 Å². The lowest BCUT2D eigenvalue weighted by molar-refractivity contribution is 0.208. The van der Waals surface area contributed by atoms with Gasteiger partial charge in [0.05, 0.1) is 0 Å². The van der Waals surface area contributed by atoms with Crippen molar-refractivity contribution in [3.63, 3.8) is 0 Å². The van der Waals surface area contributed by atoms with E-state index in [9.17, 15) is 5.11 Å². The fourth-order valence-electron chi connectivity index (χ4n) is 2.65. The summed E-state index contributed by atoms with van der Waals surface area (Å²) in [5.74, 6) is 1.11. The van der Waals surface area contributed by atoms with Gasteiger partial charge in [-0.25, -0.2) is 0 Å². The van der Waals surface area contributed by atoms with E-state index in [0.29, 0.717) is 11.8 Å². The standard InChI is InChI=1S/C15H24N2O/c1-11-10-14(4-5-15(11)18)16-12(2)13-6-8-17(3)9-7-13/h4-5,10,12-13,16,18H,6-9H2,1-3H3. The predicted molar refractivity (Wildman–Crippen MR) is 76.1 cm³/mol. The highest BCUT2D eigenvalue weighted by Gasteiger charge is 2.22. The smallest absolute Gasteiger partial charge is 0.118 e. The number of benzene rings is 1. The van der Waals surface area contributed by atoms with Crippen LogP contribution in [-0.2, 0) is 0 Å². The number of hydrogen-bond acceptors (Lipinski definition) is 3. The molecule has 0 amide bonds. The number of phenols is 1. The Labute approximate surface area is 110 Å². The van der Waals surface area contributed by atoms with Crippen LogP contribution in [0.4, 0.5) is 5.69 Å². The van der Waals surface area contributed by atoms with Gasteiger partial charge in [-0.2, -0.15) is 0 Å². The fourth-order valence-corrected chi connectivity index (χ4v) is 2.65. The maximum Gasteiger partial charge on any atom is 0.118 e. The molecule has 3 heteroatoms. The van der Waals surface area contributed by atoms with Crippen LogP contribution in [0.25, 0.3) is 0 Å². The summed E-state index contributed by atoms with van der Waals surface area (Å²) < 4.78 is 0. The molecule has 1 fully saturated rings. The highest BCUT2D eigenvalue weighted by Crippen LogP contribution is 2.25. The molecule has 1 saturated heterocycles. The highest BCUT2D eigenvalue weighted by atomic mass is 16.3. The van der Waals surface area contributed by atoms with Gasteiger partial charge in [0.15, 0.2) is 0 Å². The third-order valence-electron chi connectivity index (χ3n) is 4.06. The molecule has 1 aliphatic rings. The molecule has 1 aliphatic heterocycles. The average molecular weight is 248 g/mol. The Hall–Kier alpha value is -1.22. The van der Waals surface area contributed by atoms with Crippen molar-refractivity contribution >= 4 is 5.69 Å². The van der Waals surface area contributed by atoms with Crippen LogP contribution in [0.3, 0.4) is 0 Å². The molecule has 0 aromatic heterocycles. The Bertz CT molecular complexity index is 397. The van der Waals surface area contributed by atoms with Gasteiger partial charge in [-0.05, 0) is 76.5 Å². The number of nitrogens with one attached hydrogen (secondary N) is 1. The summed E-state index contributed by atoms with van der Waals surface area (Å²) in [5, 5.41) is 13.1. The number of nitrogens with zero attached hydrogens (tertiary/aromatic N) is 1. The maximum absolute atomic E-state index is 9.52. The third-order valence-corrected chi connectivity index (χ3v) is 4.06. The second-order valence-electron chi connectivity index (χ2n) is 5.57. The van der Waals surface area contributed by atoms with E-state index in [1.165, 1.54) is 25.9 Å². The van der Waals surface area contributed by atoms with E-state index in [0.717, 1.165) is 17.2 Å². The first kappa shape index (κ1) is 13.2. The summed E-state index contributed by atoms with van der Waals surface area (Å²) in [7, 11) is 2.19. The molecule has 100 valence electrons. The van der Waals surface area contributed by atoms with Gasteiger partial charge in [0.2, 0.25) is 0 Å². The van der Waals surface area contributed by atoms with Gasteiger partial charge >= 0.3 is 0 Å². The van der Waals surface area contributed by atoms with Gasteiger partial charge in [0.25, 0.3) is 0 Å². The zero-order valence-corrected chi connectivity index (χ0v) is 11.6. The van der Waals surface area contributed by atoms with Crippen LogP contribution < -0.4 is 5.32 Å². The predicted octanol–water partition coefficient (Wildman–Crippen LogP) is 2.84. The summed E-state index contributed by atoms with van der Waals surface area (Å²) in [6.07, 6.45) is 2.53. The van der Waals surface area contributed by atoms with E-state index in [1.807, 2.05) is 19.1 Å². The van der Waals surface area contributed by atoms with Crippen molar-refractivity contribution in [2.24, 2.45) is 5.92 Å². The van der Waals surface area contributed by atoms with Crippen LogP contribution >= 0.6 is 0 Å². The molecule has 0 radical (unpaired) electrons. The molecule has 3 nitrogen and oxygen atoms in total. The molecular formula is C15H24N2O. The molecule has 1 atom stereocenters. The minimum atomic E-state index is 0.368. The van der Waals surface area contributed by atoms with Crippen LogP contribution in [0.1, 0.15) is 25.3 Å². The average Bonchev–Trinajstić information content (AvgIpc) is 2.34. The van der Waals surface area contributed by atoms with Crippen molar-refractivity contribution in [3.05, 3.63) is 23.8 Å². The molecule has 1 aromatic rings. The molecular weight excluding hydrogens is 224 g/mol. The molecule has 18 heavy (non-hydrogen) atoms. The van der Waals surface area contributed by atoms with Crippen LogP contribution in [0, 0.1) is 12.8 Å². The zero-order chi connectivity index (χ0) is 13.1. The largest absolute Gasteiger partial charge is 0.508 e. The van der Waals surface area contributed by atoms with Gasteiger partial charge in [0, 0.05) is 11.7 Å². The zero-order valence-electron chi connectivity index (χ0n) is 11.6.